The lowest BCUT2D eigenvalue weighted by atomic mass is 9.94. The van der Waals surface area contributed by atoms with Gasteiger partial charge in [-0.1, -0.05) is 99.6 Å². The summed E-state index contributed by atoms with van der Waals surface area (Å²) in [6, 6.07) is 29.2. The van der Waals surface area contributed by atoms with Crippen LogP contribution >= 0.6 is 0 Å². The highest BCUT2D eigenvalue weighted by Gasteiger charge is 2.67. The molecule has 3 aromatic carbocycles. The third kappa shape index (κ3) is 5.26. The second-order valence-corrected chi connectivity index (χ2v) is 17.2. The van der Waals surface area contributed by atoms with Crippen molar-refractivity contribution in [3.05, 3.63) is 119 Å². The summed E-state index contributed by atoms with van der Waals surface area (Å²) in [7, 11) is -2.96. The number of nitrogens with one attached hydrogen (secondary N) is 1. The van der Waals surface area contributed by atoms with Gasteiger partial charge in [0.2, 0.25) is 0 Å². The lowest BCUT2D eigenvalue weighted by Gasteiger charge is -2.45. The van der Waals surface area contributed by atoms with Gasteiger partial charge in [-0.05, 0) is 41.4 Å². The zero-order valence-electron chi connectivity index (χ0n) is 26.1. The third-order valence-corrected chi connectivity index (χ3v) is 14.1. The number of aliphatic hydroxyl groups excluding tert-OH is 1. The Hall–Kier alpha value is -3.93. The first kappa shape index (κ1) is 31.1. The van der Waals surface area contributed by atoms with Crippen LogP contribution in [-0.2, 0) is 13.9 Å². The first-order valence-corrected chi connectivity index (χ1v) is 17.1. The van der Waals surface area contributed by atoms with Gasteiger partial charge in [-0.15, -0.1) is 0 Å². The minimum Gasteiger partial charge on any atom is -0.404 e. The Morgan fingerprint density at radius 1 is 1.00 bits per heavy atom. The van der Waals surface area contributed by atoms with Gasteiger partial charge in [0.25, 0.3) is 14.2 Å². The van der Waals surface area contributed by atoms with Gasteiger partial charge < -0.3 is 24.3 Å². The molecule has 2 saturated heterocycles. The molecule has 0 unspecified atom stereocenters. The minimum atomic E-state index is -2.96. The highest BCUT2D eigenvalue weighted by molar-refractivity contribution is 6.99. The van der Waals surface area contributed by atoms with Crippen molar-refractivity contribution in [3.8, 4) is 0 Å². The molecule has 9 nitrogen and oxygen atoms in total. The average molecular weight is 626 g/mol. The van der Waals surface area contributed by atoms with E-state index in [4.69, 9.17) is 13.9 Å². The predicted octanol–water partition coefficient (Wildman–Crippen LogP) is 3.80. The van der Waals surface area contributed by atoms with E-state index in [0.29, 0.717) is 11.1 Å². The van der Waals surface area contributed by atoms with Crippen LogP contribution in [0.3, 0.4) is 0 Å². The van der Waals surface area contributed by atoms with Crippen molar-refractivity contribution in [3.63, 3.8) is 0 Å². The summed E-state index contributed by atoms with van der Waals surface area (Å²) in [5.74, 6) is -0.209. The SMILES string of the molecule is Cc1cn([C@@H]2O[C@@]3(CO[Si](c4ccccc4)(c4ccccc4)C(C)(C)C)[C@H](C)O[C@@H]2[C@@H]3O)c(=O)nc1NC(=O)c1ccccc1. The van der Waals surface area contributed by atoms with Crippen molar-refractivity contribution in [2.45, 2.75) is 69.8 Å². The summed E-state index contributed by atoms with van der Waals surface area (Å²) >= 11 is 0. The van der Waals surface area contributed by atoms with E-state index in [0.717, 1.165) is 10.4 Å². The molecule has 45 heavy (non-hydrogen) atoms. The van der Waals surface area contributed by atoms with E-state index >= 15 is 0 Å². The van der Waals surface area contributed by atoms with Gasteiger partial charge >= 0.3 is 5.69 Å². The Morgan fingerprint density at radius 2 is 1.56 bits per heavy atom. The number of nitrogens with zero attached hydrogens (tertiary/aromatic N) is 2. The van der Waals surface area contributed by atoms with Gasteiger partial charge in [-0.2, -0.15) is 4.98 Å². The predicted molar refractivity (Wildman–Crippen MR) is 174 cm³/mol. The largest absolute Gasteiger partial charge is 0.404 e. The fourth-order valence-electron chi connectivity index (χ4n) is 6.70. The van der Waals surface area contributed by atoms with E-state index in [9.17, 15) is 14.7 Å². The summed E-state index contributed by atoms with van der Waals surface area (Å²) in [5.41, 5.74) is -0.846. The molecule has 4 aromatic rings. The molecule has 0 saturated carbocycles. The van der Waals surface area contributed by atoms with Gasteiger partial charge in [-0.25, -0.2) is 4.79 Å². The Bertz CT molecular complexity index is 1690. The van der Waals surface area contributed by atoms with E-state index in [1.165, 1.54) is 4.57 Å². The molecule has 2 aliphatic heterocycles. The molecule has 2 N–H and O–H groups in total. The number of carbonyl (C=O) groups is 1. The molecule has 6 rings (SSSR count). The Morgan fingerprint density at radius 3 is 2.11 bits per heavy atom. The van der Waals surface area contributed by atoms with E-state index < -0.39 is 44.1 Å². The maximum absolute atomic E-state index is 13.3. The van der Waals surface area contributed by atoms with Crippen LogP contribution in [0.25, 0.3) is 0 Å². The fourth-order valence-corrected chi connectivity index (χ4v) is 11.3. The van der Waals surface area contributed by atoms with Crippen molar-refractivity contribution in [1.29, 1.82) is 0 Å². The molecule has 10 heteroatoms. The zero-order chi connectivity index (χ0) is 32.0. The molecule has 0 radical (unpaired) electrons. The quantitative estimate of drug-likeness (QED) is 0.287. The van der Waals surface area contributed by atoms with E-state index in [-0.39, 0.29) is 23.4 Å². The normalized spacial score (nSPS) is 24.5. The Labute approximate surface area is 263 Å². The number of hydrogen-bond donors (Lipinski definition) is 2. The average Bonchev–Trinajstić information content (AvgIpc) is 3.44. The first-order chi connectivity index (χ1) is 21.5. The van der Waals surface area contributed by atoms with Crippen molar-refractivity contribution < 1.29 is 23.8 Å². The number of aliphatic hydroxyl groups is 1. The van der Waals surface area contributed by atoms with Crippen molar-refractivity contribution in [2.24, 2.45) is 0 Å². The van der Waals surface area contributed by atoms with E-state index in [1.807, 2.05) is 49.4 Å². The van der Waals surface area contributed by atoms with Crippen LogP contribution in [0.5, 0.6) is 0 Å². The molecule has 1 aromatic heterocycles. The van der Waals surface area contributed by atoms with Crippen LogP contribution in [-0.4, -0.2) is 59.4 Å². The summed E-state index contributed by atoms with van der Waals surface area (Å²) < 4.78 is 21.4. The number of anilines is 1. The smallest absolute Gasteiger partial charge is 0.351 e. The third-order valence-electron chi connectivity index (χ3n) is 9.09. The van der Waals surface area contributed by atoms with Crippen LogP contribution < -0.4 is 21.4 Å². The number of fused-ring (bicyclic) bond motifs is 2. The zero-order valence-corrected chi connectivity index (χ0v) is 27.1. The van der Waals surface area contributed by atoms with Crippen LogP contribution in [0.2, 0.25) is 5.04 Å². The number of hydrogen-bond acceptors (Lipinski definition) is 7. The molecule has 2 fully saturated rings. The summed E-state index contributed by atoms with van der Waals surface area (Å²) in [6.07, 6.45) is -1.72. The minimum absolute atomic E-state index is 0.0575. The second kappa shape index (κ2) is 11.8. The summed E-state index contributed by atoms with van der Waals surface area (Å²) in [5, 5.41) is 16.3. The molecular weight excluding hydrogens is 586 g/mol. The van der Waals surface area contributed by atoms with Crippen LogP contribution in [0.1, 0.15) is 49.8 Å². The molecule has 5 atom stereocenters. The summed E-state index contributed by atoms with van der Waals surface area (Å²) in [4.78, 5) is 30.2. The van der Waals surface area contributed by atoms with Gasteiger partial charge in [0, 0.05) is 17.3 Å². The molecule has 2 aliphatic rings. The highest BCUT2D eigenvalue weighted by Crippen LogP contribution is 2.49. The first-order valence-electron chi connectivity index (χ1n) is 15.2. The van der Waals surface area contributed by atoms with Gasteiger partial charge in [0.1, 0.15) is 23.6 Å². The molecule has 234 valence electrons. The lowest BCUT2D eigenvalue weighted by Crippen LogP contribution is -2.68. The summed E-state index contributed by atoms with van der Waals surface area (Å²) in [6.45, 7) is 10.2. The van der Waals surface area contributed by atoms with Crippen LogP contribution in [0, 0.1) is 6.92 Å². The molecule has 2 bridgehead atoms. The molecule has 3 heterocycles. The number of carbonyl (C=O) groups excluding carboxylic acids is 1. The second-order valence-electron chi connectivity index (χ2n) is 12.9. The number of aryl methyl sites for hydroxylation is 1. The Balaban J connectivity index is 1.32. The molecule has 0 aliphatic carbocycles. The van der Waals surface area contributed by atoms with E-state index in [1.54, 1.807) is 37.4 Å². The lowest BCUT2D eigenvalue weighted by molar-refractivity contribution is -0.216. The van der Waals surface area contributed by atoms with E-state index in [2.05, 4.69) is 55.3 Å². The number of rotatable bonds is 8. The monoisotopic (exact) mass is 625 g/mol. The van der Waals surface area contributed by atoms with Gasteiger partial charge in [-0.3, -0.25) is 9.36 Å². The van der Waals surface area contributed by atoms with Crippen molar-refractivity contribution >= 4 is 30.4 Å². The van der Waals surface area contributed by atoms with Gasteiger partial charge in [0.15, 0.2) is 6.23 Å². The van der Waals surface area contributed by atoms with Gasteiger partial charge in [0.05, 0.1) is 12.7 Å². The maximum Gasteiger partial charge on any atom is 0.351 e. The van der Waals surface area contributed by atoms with Crippen molar-refractivity contribution in [1.82, 2.24) is 9.55 Å². The van der Waals surface area contributed by atoms with Crippen LogP contribution in [0.4, 0.5) is 5.82 Å². The standard InChI is InChI=1S/C35H39N3O6Si/c1-23-21-38(33(41)37-30(23)36-31(40)25-15-9-6-10-16-25)32-28-29(39)35(44-32,24(2)43-28)22-42-45(34(3,4)5,26-17-11-7-12-18-26)27-19-13-8-14-20-27/h6-21,24,28-29,32,39H,22H2,1-5H3,(H,36,37,40,41)/t24-,28+,29-,32+,35-/m0/s1. The maximum atomic E-state index is 13.3. The molecule has 1 amide bonds. The van der Waals surface area contributed by atoms with Crippen LogP contribution in [0.15, 0.2) is 102 Å². The number of benzene rings is 3. The Kier molecular flexibility index (Phi) is 8.13. The topological polar surface area (TPSA) is 112 Å². The number of amides is 1. The molecule has 0 spiro atoms. The highest BCUT2D eigenvalue weighted by atomic mass is 28.4. The fraction of sp³-hybridized carbons (Fsp3) is 0.343. The number of aromatic nitrogens is 2. The number of ether oxygens (including phenoxy) is 2. The molecular formula is C35H39N3O6Si. The van der Waals surface area contributed by atoms with Crippen molar-refractivity contribution in [2.75, 3.05) is 11.9 Å².